The average molecular weight is 395 g/mol. The highest BCUT2D eigenvalue weighted by Crippen LogP contribution is 2.19. The Bertz CT molecular complexity index is 941. The van der Waals surface area contributed by atoms with Gasteiger partial charge in [-0.15, -0.1) is 0 Å². The van der Waals surface area contributed by atoms with Crippen LogP contribution in [0.25, 0.3) is 0 Å². The van der Waals surface area contributed by atoms with E-state index in [9.17, 15) is 22.0 Å². The van der Waals surface area contributed by atoms with E-state index in [1.165, 1.54) is 27.4 Å². The van der Waals surface area contributed by atoms with Crippen molar-refractivity contribution in [3.8, 4) is 0 Å². The van der Waals surface area contributed by atoms with Gasteiger partial charge >= 0.3 is 6.03 Å². The molecular weight excluding hydrogens is 376 g/mol. The van der Waals surface area contributed by atoms with Crippen LogP contribution in [0.2, 0.25) is 0 Å². The second-order valence-corrected chi connectivity index (χ2v) is 8.18. The number of benzene rings is 2. The lowest BCUT2D eigenvalue weighted by Gasteiger charge is -2.34. The fraction of sp³-hybridized carbons (Fsp3) is 0.278. The molecule has 2 aromatic carbocycles. The molecule has 3 rings (SSSR count). The highest BCUT2D eigenvalue weighted by Gasteiger charge is 2.30. The molecule has 2 amide bonds. The lowest BCUT2D eigenvalue weighted by atomic mass is 10.2. The molecule has 1 N–H and O–H groups in total. The molecule has 144 valence electrons. The van der Waals surface area contributed by atoms with E-state index < -0.39 is 27.7 Å². The van der Waals surface area contributed by atoms with Crippen LogP contribution in [0.5, 0.6) is 0 Å². The van der Waals surface area contributed by atoms with Gasteiger partial charge in [-0.3, -0.25) is 0 Å². The van der Waals surface area contributed by atoms with Gasteiger partial charge < -0.3 is 10.2 Å². The number of carbonyl (C=O) groups is 1. The van der Waals surface area contributed by atoms with Crippen LogP contribution in [-0.2, 0) is 10.0 Å². The van der Waals surface area contributed by atoms with E-state index in [4.69, 9.17) is 0 Å². The lowest BCUT2D eigenvalue weighted by molar-refractivity contribution is 0.184. The Morgan fingerprint density at radius 3 is 2.22 bits per heavy atom. The van der Waals surface area contributed by atoms with E-state index in [1.54, 1.807) is 19.1 Å². The summed E-state index contributed by atoms with van der Waals surface area (Å²) in [6.45, 7) is 2.26. The number of amides is 2. The molecule has 6 nitrogen and oxygen atoms in total. The van der Waals surface area contributed by atoms with Crippen LogP contribution in [0.3, 0.4) is 0 Å². The average Bonchev–Trinajstić information content (AvgIpc) is 2.65. The minimum atomic E-state index is -3.74. The predicted molar refractivity (Wildman–Crippen MR) is 96.9 cm³/mol. The van der Waals surface area contributed by atoms with Crippen LogP contribution < -0.4 is 5.32 Å². The first kappa shape index (κ1) is 19.2. The van der Waals surface area contributed by atoms with E-state index in [0.717, 1.165) is 12.1 Å². The summed E-state index contributed by atoms with van der Waals surface area (Å²) in [6.07, 6.45) is 0. The molecule has 1 saturated heterocycles. The highest BCUT2D eigenvalue weighted by molar-refractivity contribution is 7.89. The number of hydrogen-bond acceptors (Lipinski definition) is 3. The van der Waals surface area contributed by atoms with Crippen molar-refractivity contribution in [2.75, 3.05) is 31.5 Å². The normalized spacial score (nSPS) is 15.6. The number of rotatable bonds is 3. The van der Waals surface area contributed by atoms with Crippen molar-refractivity contribution < 1.29 is 22.0 Å². The zero-order chi connectivity index (χ0) is 19.6. The van der Waals surface area contributed by atoms with Crippen molar-refractivity contribution in [1.29, 1.82) is 0 Å². The van der Waals surface area contributed by atoms with Crippen LogP contribution in [0.4, 0.5) is 19.3 Å². The van der Waals surface area contributed by atoms with Crippen LogP contribution in [-0.4, -0.2) is 49.8 Å². The molecule has 0 spiro atoms. The molecule has 27 heavy (non-hydrogen) atoms. The maximum absolute atomic E-state index is 13.6. The minimum absolute atomic E-state index is 0.0110. The Hall–Kier alpha value is -2.52. The second-order valence-electron chi connectivity index (χ2n) is 6.24. The van der Waals surface area contributed by atoms with Gasteiger partial charge in [-0.25, -0.2) is 22.0 Å². The number of aryl methyl sites for hydroxylation is 1. The molecule has 0 aromatic heterocycles. The van der Waals surface area contributed by atoms with Gasteiger partial charge in [-0.05, 0) is 48.9 Å². The predicted octanol–water partition coefficient (Wildman–Crippen LogP) is 2.81. The monoisotopic (exact) mass is 395 g/mol. The fourth-order valence-corrected chi connectivity index (χ4v) is 4.18. The number of nitrogens with one attached hydrogen (secondary N) is 1. The molecule has 1 aliphatic rings. The molecule has 1 aliphatic heterocycles. The number of urea groups is 1. The molecule has 0 unspecified atom stereocenters. The van der Waals surface area contributed by atoms with Gasteiger partial charge in [0, 0.05) is 31.9 Å². The molecule has 2 aromatic rings. The maximum atomic E-state index is 13.6. The van der Waals surface area contributed by atoms with Gasteiger partial charge in [0.05, 0.1) is 4.90 Å². The molecule has 0 aliphatic carbocycles. The number of piperazine rings is 1. The van der Waals surface area contributed by atoms with E-state index in [1.807, 2.05) is 0 Å². The molecule has 1 fully saturated rings. The lowest BCUT2D eigenvalue weighted by Crippen LogP contribution is -2.51. The Morgan fingerprint density at radius 1 is 1.00 bits per heavy atom. The zero-order valence-corrected chi connectivity index (χ0v) is 15.5. The van der Waals surface area contributed by atoms with Crippen molar-refractivity contribution in [2.45, 2.75) is 11.8 Å². The Labute approximate surface area is 156 Å². The van der Waals surface area contributed by atoms with E-state index >= 15 is 0 Å². The number of carbonyl (C=O) groups excluding carboxylic acids is 1. The van der Waals surface area contributed by atoms with Gasteiger partial charge in [-0.1, -0.05) is 6.07 Å². The first-order chi connectivity index (χ1) is 12.8. The smallest absolute Gasteiger partial charge is 0.321 e. The van der Waals surface area contributed by atoms with Crippen molar-refractivity contribution in [3.05, 3.63) is 59.7 Å². The van der Waals surface area contributed by atoms with E-state index in [-0.39, 0.29) is 31.1 Å². The third-order valence-corrected chi connectivity index (χ3v) is 6.31. The van der Waals surface area contributed by atoms with Crippen LogP contribution >= 0.6 is 0 Å². The van der Waals surface area contributed by atoms with Crippen LogP contribution in [0.1, 0.15) is 5.56 Å². The topological polar surface area (TPSA) is 69.7 Å². The quantitative estimate of drug-likeness (QED) is 0.869. The molecule has 0 saturated carbocycles. The Kier molecular flexibility index (Phi) is 5.43. The van der Waals surface area contributed by atoms with Crippen molar-refractivity contribution in [1.82, 2.24) is 9.21 Å². The maximum Gasteiger partial charge on any atom is 0.321 e. The first-order valence-electron chi connectivity index (χ1n) is 8.35. The van der Waals surface area contributed by atoms with Crippen molar-refractivity contribution >= 4 is 21.7 Å². The summed E-state index contributed by atoms with van der Waals surface area (Å²) >= 11 is 0. The summed E-state index contributed by atoms with van der Waals surface area (Å²) in [5, 5.41) is 2.61. The molecule has 0 bridgehead atoms. The zero-order valence-electron chi connectivity index (χ0n) is 14.7. The van der Waals surface area contributed by atoms with E-state index in [0.29, 0.717) is 11.3 Å². The number of sulfonamides is 1. The Balaban J connectivity index is 1.61. The third-order valence-electron chi connectivity index (χ3n) is 4.40. The first-order valence-corrected chi connectivity index (χ1v) is 9.79. The molecule has 0 atom stereocenters. The summed E-state index contributed by atoms with van der Waals surface area (Å²) in [6, 6.07) is 8.61. The standard InChI is InChI=1S/C18H19F2N3O3S/c1-13-2-5-15(12-17(13)20)21-18(24)22-8-10-23(11-9-22)27(25,26)16-6-3-14(19)4-7-16/h2-7,12H,8-11H2,1H3,(H,21,24). The number of nitrogens with zero attached hydrogens (tertiary/aromatic N) is 2. The summed E-state index contributed by atoms with van der Waals surface area (Å²) in [5.41, 5.74) is 0.817. The molecule has 0 radical (unpaired) electrons. The molecule has 9 heteroatoms. The van der Waals surface area contributed by atoms with Gasteiger partial charge in [0.15, 0.2) is 0 Å². The van der Waals surface area contributed by atoms with Gasteiger partial charge in [-0.2, -0.15) is 4.31 Å². The Morgan fingerprint density at radius 2 is 1.63 bits per heavy atom. The van der Waals surface area contributed by atoms with Gasteiger partial charge in [0.1, 0.15) is 11.6 Å². The molecule has 1 heterocycles. The number of hydrogen-bond donors (Lipinski definition) is 1. The van der Waals surface area contributed by atoms with Crippen LogP contribution in [0.15, 0.2) is 47.4 Å². The minimum Gasteiger partial charge on any atom is -0.322 e. The second kappa shape index (κ2) is 7.61. The largest absolute Gasteiger partial charge is 0.322 e. The van der Waals surface area contributed by atoms with Gasteiger partial charge in [0.2, 0.25) is 10.0 Å². The van der Waals surface area contributed by atoms with Crippen molar-refractivity contribution in [2.24, 2.45) is 0 Å². The van der Waals surface area contributed by atoms with Crippen LogP contribution in [0, 0.1) is 18.6 Å². The summed E-state index contributed by atoms with van der Waals surface area (Å²) in [4.78, 5) is 13.8. The van der Waals surface area contributed by atoms with Crippen molar-refractivity contribution in [3.63, 3.8) is 0 Å². The van der Waals surface area contributed by atoms with E-state index in [2.05, 4.69) is 5.32 Å². The fourth-order valence-electron chi connectivity index (χ4n) is 2.76. The summed E-state index contributed by atoms with van der Waals surface area (Å²) in [7, 11) is -3.74. The number of halogens is 2. The summed E-state index contributed by atoms with van der Waals surface area (Å²) in [5.74, 6) is -0.925. The van der Waals surface area contributed by atoms with Gasteiger partial charge in [0.25, 0.3) is 0 Å². The highest BCUT2D eigenvalue weighted by atomic mass is 32.2. The molecular formula is C18H19F2N3O3S. The third kappa shape index (κ3) is 4.25. The number of anilines is 1. The summed E-state index contributed by atoms with van der Waals surface area (Å²) < 4.78 is 53.0. The SMILES string of the molecule is Cc1ccc(NC(=O)N2CCN(S(=O)(=O)c3ccc(F)cc3)CC2)cc1F.